The summed E-state index contributed by atoms with van der Waals surface area (Å²) in [4.78, 5) is 0. The van der Waals surface area contributed by atoms with E-state index in [4.69, 9.17) is 0 Å². The van der Waals surface area contributed by atoms with E-state index in [9.17, 15) is 0 Å². The van der Waals surface area contributed by atoms with Crippen molar-refractivity contribution >= 4 is 11.3 Å². The highest BCUT2D eigenvalue weighted by molar-refractivity contribution is 7.07. The van der Waals surface area contributed by atoms with Gasteiger partial charge >= 0.3 is 0 Å². The van der Waals surface area contributed by atoms with Crippen LogP contribution in [0.25, 0.3) is 0 Å². The molecule has 1 rings (SSSR count). The third-order valence-electron chi connectivity index (χ3n) is 2.43. The van der Waals surface area contributed by atoms with Crippen LogP contribution in [0.3, 0.4) is 0 Å². The van der Waals surface area contributed by atoms with Gasteiger partial charge in [0.2, 0.25) is 0 Å². The molecule has 0 fully saturated rings. The summed E-state index contributed by atoms with van der Waals surface area (Å²) in [5.74, 6) is 0.801. The lowest BCUT2D eigenvalue weighted by atomic mass is 9.99. The van der Waals surface area contributed by atoms with E-state index in [1.807, 2.05) is 0 Å². The summed E-state index contributed by atoms with van der Waals surface area (Å²) in [6, 6.07) is 2.80. The molecule has 1 heterocycles. The minimum absolute atomic E-state index is 0.564. The second-order valence-electron chi connectivity index (χ2n) is 4.14. The van der Waals surface area contributed by atoms with Gasteiger partial charge in [0.15, 0.2) is 0 Å². The van der Waals surface area contributed by atoms with Gasteiger partial charge in [0.25, 0.3) is 0 Å². The molecule has 1 nitrogen and oxygen atoms in total. The van der Waals surface area contributed by atoms with Crippen LogP contribution in [0.5, 0.6) is 0 Å². The highest BCUT2D eigenvalue weighted by Crippen LogP contribution is 2.22. The highest BCUT2D eigenvalue weighted by atomic mass is 32.1. The van der Waals surface area contributed by atoms with Gasteiger partial charge in [-0.2, -0.15) is 11.3 Å². The Morgan fingerprint density at radius 3 is 2.64 bits per heavy atom. The minimum Gasteiger partial charge on any atom is -0.310 e. The van der Waals surface area contributed by atoms with Crippen molar-refractivity contribution in [2.24, 2.45) is 5.92 Å². The molecule has 14 heavy (non-hydrogen) atoms. The van der Waals surface area contributed by atoms with E-state index < -0.39 is 0 Å². The topological polar surface area (TPSA) is 12.0 Å². The molecule has 0 aliphatic rings. The molecule has 0 saturated heterocycles. The molecular formula is C12H21NS. The van der Waals surface area contributed by atoms with Gasteiger partial charge in [-0.25, -0.2) is 0 Å². The molecule has 1 N–H and O–H groups in total. The van der Waals surface area contributed by atoms with Gasteiger partial charge in [0.05, 0.1) is 0 Å². The van der Waals surface area contributed by atoms with Crippen molar-refractivity contribution in [1.82, 2.24) is 5.32 Å². The van der Waals surface area contributed by atoms with Gasteiger partial charge in [0.1, 0.15) is 0 Å². The van der Waals surface area contributed by atoms with Gasteiger partial charge in [-0.15, -0.1) is 0 Å². The summed E-state index contributed by atoms with van der Waals surface area (Å²) < 4.78 is 0. The molecule has 2 heteroatoms. The molecule has 1 aromatic heterocycles. The molecule has 0 aliphatic carbocycles. The van der Waals surface area contributed by atoms with Crippen LogP contribution in [0, 0.1) is 5.92 Å². The first-order valence-electron chi connectivity index (χ1n) is 5.49. The molecule has 0 radical (unpaired) electrons. The summed E-state index contributed by atoms with van der Waals surface area (Å²) in [6.07, 6.45) is 2.55. The predicted octanol–water partition coefficient (Wildman–Crippen LogP) is 3.83. The van der Waals surface area contributed by atoms with Gasteiger partial charge in [-0.3, -0.25) is 0 Å². The molecule has 0 aliphatic heterocycles. The molecule has 1 unspecified atom stereocenters. The van der Waals surface area contributed by atoms with Crippen molar-refractivity contribution in [1.29, 1.82) is 0 Å². The number of thiophene rings is 1. The monoisotopic (exact) mass is 211 g/mol. The van der Waals surface area contributed by atoms with Gasteiger partial charge in [-0.1, -0.05) is 20.8 Å². The SMILES string of the molecule is CCNC(CCC(C)C)c1ccsc1. The maximum absolute atomic E-state index is 3.55. The van der Waals surface area contributed by atoms with Crippen molar-refractivity contribution in [3.63, 3.8) is 0 Å². The van der Waals surface area contributed by atoms with Crippen LogP contribution >= 0.6 is 11.3 Å². The highest BCUT2D eigenvalue weighted by Gasteiger charge is 2.10. The first kappa shape index (κ1) is 11.7. The average molecular weight is 211 g/mol. The van der Waals surface area contributed by atoms with Crippen LogP contribution in [0.4, 0.5) is 0 Å². The Kier molecular flexibility index (Phi) is 5.20. The molecule has 1 aromatic rings. The summed E-state index contributed by atoms with van der Waals surface area (Å²) in [6.45, 7) is 7.81. The fourth-order valence-electron chi connectivity index (χ4n) is 1.61. The van der Waals surface area contributed by atoms with Crippen molar-refractivity contribution < 1.29 is 0 Å². The maximum Gasteiger partial charge on any atom is 0.0328 e. The van der Waals surface area contributed by atoms with Crippen LogP contribution in [0.15, 0.2) is 16.8 Å². The summed E-state index contributed by atoms with van der Waals surface area (Å²) in [7, 11) is 0. The molecule has 80 valence electrons. The van der Waals surface area contributed by atoms with Crippen LogP contribution in [-0.2, 0) is 0 Å². The smallest absolute Gasteiger partial charge is 0.0328 e. The van der Waals surface area contributed by atoms with Crippen molar-refractivity contribution in [2.45, 2.75) is 39.7 Å². The lowest BCUT2D eigenvalue weighted by Crippen LogP contribution is -2.20. The van der Waals surface area contributed by atoms with Gasteiger partial charge in [0, 0.05) is 6.04 Å². The zero-order valence-corrected chi connectivity index (χ0v) is 10.2. The Morgan fingerprint density at radius 1 is 1.36 bits per heavy atom. The summed E-state index contributed by atoms with van der Waals surface area (Å²) >= 11 is 1.79. The normalized spacial score (nSPS) is 13.4. The zero-order chi connectivity index (χ0) is 10.4. The van der Waals surface area contributed by atoms with Crippen LogP contribution in [0.2, 0.25) is 0 Å². The third-order valence-corrected chi connectivity index (χ3v) is 3.13. The summed E-state index contributed by atoms with van der Waals surface area (Å²) in [5, 5.41) is 7.97. The largest absolute Gasteiger partial charge is 0.310 e. The number of hydrogen-bond acceptors (Lipinski definition) is 2. The van der Waals surface area contributed by atoms with E-state index in [0.29, 0.717) is 6.04 Å². The Balaban J connectivity index is 2.47. The third kappa shape index (κ3) is 3.81. The lowest BCUT2D eigenvalue weighted by Gasteiger charge is -2.17. The van der Waals surface area contributed by atoms with Gasteiger partial charge in [-0.05, 0) is 47.7 Å². The van der Waals surface area contributed by atoms with E-state index in [1.54, 1.807) is 11.3 Å². The second kappa shape index (κ2) is 6.20. The Hall–Kier alpha value is -0.340. The van der Waals surface area contributed by atoms with Gasteiger partial charge < -0.3 is 5.32 Å². The quantitative estimate of drug-likeness (QED) is 0.754. The van der Waals surface area contributed by atoms with E-state index >= 15 is 0 Å². The molecular weight excluding hydrogens is 190 g/mol. The lowest BCUT2D eigenvalue weighted by molar-refractivity contribution is 0.449. The van der Waals surface area contributed by atoms with E-state index in [-0.39, 0.29) is 0 Å². The van der Waals surface area contributed by atoms with Crippen molar-refractivity contribution in [3.8, 4) is 0 Å². The van der Waals surface area contributed by atoms with E-state index in [0.717, 1.165) is 12.5 Å². The van der Waals surface area contributed by atoms with Crippen LogP contribution in [-0.4, -0.2) is 6.54 Å². The second-order valence-corrected chi connectivity index (χ2v) is 4.92. The minimum atomic E-state index is 0.564. The molecule has 0 spiro atoms. The number of hydrogen-bond donors (Lipinski definition) is 1. The van der Waals surface area contributed by atoms with Crippen molar-refractivity contribution in [2.75, 3.05) is 6.54 Å². The standard InChI is InChI=1S/C12H21NS/c1-4-13-12(6-5-10(2)3)11-7-8-14-9-11/h7-10,12-13H,4-6H2,1-3H3. The fraction of sp³-hybridized carbons (Fsp3) is 0.667. The number of nitrogens with one attached hydrogen (secondary N) is 1. The summed E-state index contributed by atoms with van der Waals surface area (Å²) in [5.41, 5.74) is 1.46. The molecule has 0 saturated carbocycles. The van der Waals surface area contributed by atoms with Crippen LogP contribution < -0.4 is 5.32 Å². The fourth-order valence-corrected chi connectivity index (χ4v) is 2.32. The molecule has 1 atom stereocenters. The first-order valence-corrected chi connectivity index (χ1v) is 6.43. The Labute approximate surface area is 91.5 Å². The van der Waals surface area contributed by atoms with Crippen molar-refractivity contribution in [3.05, 3.63) is 22.4 Å². The van der Waals surface area contributed by atoms with Crippen LogP contribution in [0.1, 0.15) is 45.2 Å². The van der Waals surface area contributed by atoms with E-state index in [2.05, 4.69) is 42.9 Å². The first-order chi connectivity index (χ1) is 6.74. The predicted molar refractivity (Wildman–Crippen MR) is 64.8 cm³/mol. The van der Waals surface area contributed by atoms with E-state index in [1.165, 1.54) is 18.4 Å². The Bertz CT molecular complexity index is 228. The average Bonchev–Trinajstić information content (AvgIpc) is 2.64. The Morgan fingerprint density at radius 2 is 2.14 bits per heavy atom. The molecule has 0 amide bonds. The maximum atomic E-state index is 3.55. The molecule has 0 aromatic carbocycles. The zero-order valence-electron chi connectivity index (χ0n) is 9.42. The number of rotatable bonds is 6. The molecule has 0 bridgehead atoms.